The molecule has 4 rings (SSSR count). The van der Waals surface area contributed by atoms with Crippen LogP contribution >= 0.6 is 0 Å². The quantitative estimate of drug-likeness (QED) is 0.578. The summed E-state index contributed by atoms with van der Waals surface area (Å²) >= 11 is 0. The van der Waals surface area contributed by atoms with Crippen molar-refractivity contribution in [3.63, 3.8) is 0 Å². The van der Waals surface area contributed by atoms with Crippen molar-refractivity contribution in [2.24, 2.45) is 0 Å². The van der Waals surface area contributed by atoms with Gasteiger partial charge in [-0.3, -0.25) is 9.59 Å². The van der Waals surface area contributed by atoms with Crippen molar-refractivity contribution in [3.05, 3.63) is 93.8 Å². The molecule has 7 nitrogen and oxygen atoms in total. The smallest absolute Gasteiger partial charge is 0.272 e. The van der Waals surface area contributed by atoms with E-state index in [0.717, 1.165) is 29.5 Å². The van der Waals surface area contributed by atoms with Crippen LogP contribution in [0.3, 0.4) is 0 Å². The van der Waals surface area contributed by atoms with Gasteiger partial charge < -0.3 is 10.2 Å². The normalized spacial score (nSPS) is 14.3. The summed E-state index contributed by atoms with van der Waals surface area (Å²) in [5.41, 5.74) is 4.24. The van der Waals surface area contributed by atoms with Crippen LogP contribution in [0.2, 0.25) is 0 Å². The molecule has 8 heteroatoms. The Balaban J connectivity index is 1.45. The minimum atomic E-state index is -0.397. The molecule has 1 aliphatic carbocycles. The zero-order valence-corrected chi connectivity index (χ0v) is 19.9. The van der Waals surface area contributed by atoms with Crippen molar-refractivity contribution in [1.29, 1.82) is 5.26 Å². The lowest BCUT2D eigenvalue weighted by atomic mass is 10.00. The number of nitrogens with one attached hydrogen (secondary N) is 1. The second-order valence-corrected chi connectivity index (χ2v) is 9.05. The topological polar surface area (TPSA) is 99.0 Å². The summed E-state index contributed by atoms with van der Waals surface area (Å²) in [6.07, 6.45) is 2.70. The second kappa shape index (κ2) is 10.0. The Bertz CT molecular complexity index is 1330. The molecule has 1 aromatic heterocycles. The van der Waals surface area contributed by atoms with Gasteiger partial charge in [-0.25, -0.2) is 14.4 Å². The Hall–Kier alpha value is -4.12. The van der Waals surface area contributed by atoms with Crippen molar-refractivity contribution in [1.82, 2.24) is 20.2 Å². The fourth-order valence-electron chi connectivity index (χ4n) is 4.34. The summed E-state index contributed by atoms with van der Waals surface area (Å²) < 4.78 is 14.0. The first-order valence-corrected chi connectivity index (χ1v) is 11.5. The molecule has 1 N–H and O–H groups in total. The highest BCUT2D eigenvalue weighted by Crippen LogP contribution is 2.32. The number of carbonyl (C=O) groups is 2. The number of fused-ring (bicyclic) bond motifs is 1. The molecule has 1 aliphatic rings. The largest absolute Gasteiger partial charge is 0.344 e. The lowest BCUT2D eigenvalue weighted by molar-refractivity contribution is 0.0779. The summed E-state index contributed by atoms with van der Waals surface area (Å²) in [6.45, 7) is 4.10. The van der Waals surface area contributed by atoms with Crippen LogP contribution < -0.4 is 5.32 Å². The second-order valence-electron chi connectivity index (χ2n) is 9.05. The molecular weight excluding hydrogens is 445 g/mol. The minimum Gasteiger partial charge on any atom is -0.344 e. The molecule has 1 atom stereocenters. The van der Waals surface area contributed by atoms with Crippen molar-refractivity contribution in [2.45, 2.75) is 45.2 Å². The Morgan fingerprint density at radius 1 is 1.17 bits per heavy atom. The van der Waals surface area contributed by atoms with E-state index in [1.807, 2.05) is 26.0 Å². The van der Waals surface area contributed by atoms with Gasteiger partial charge in [-0.1, -0.05) is 32.0 Å². The molecule has 178 valence electrons. The number of halogens is 1. The fourth-order valence-corrected chi connectivity index (χ4v) is 4.34. The average Bonchev–Trinajstić information content (AvgIpc) is 3.26. The number of benzene rings is 2. The van der Waals surface area contributed by atoms with E-state index in [-0.39, 0.29) is 41.6 Å². The molecule has 0 saturated carbocycles. The summed E-state index contributed by atoms with van der Waals surface area (Å²) in [5.74, 6) is -1.00. The van der Waals surface area contributed by atoms with Gasteiger partial charge in [-0.15, -0.1) is 0 Å². The van der Waals surface area contributed by atoms with Gasteiger partial charge in [0, 0.05) is 19.7 Å². The molecule has 0 unspecified atom stereocenters. The molecule has 35 heavy (non-hydrogen) atoms. The van der Waals surface area contributed by atoms with Gasteiger partial charge in [-0.2, -0.15) is 5.26 Å². The lowest BCUT2D eigenvalue weighted by Gasteiger charge is -2.18. The minimum absolute atomic E-state index is 0.0270. The molecule has 0 bridgehead atoms. The van der Waals surface area contributed by atoms with E-state index in [0.29, 0.717) is 11.1 Å². The molecule has 0 aliphatic heterocycles. The number of aromatic nitrogens is 2. The van der Waals surface area contributed by atoms with Crippen molar-refractivity contribution in [3.8, 4) is 6.07 Å². The summed E-state index contributed by atoms with van der Waals surface area (Å²) in [6, 6.07) is 13.6. The Labute approximate surface area is 203 Å². The molecule has 0 spiro atoms. The number of hydrogen-bond donors (Lipinski definition) is 1. The number of rotatable bonds is 6. The van der Waals surface area contributed by atoms with E-state index in [9.17, 15) is 14.0 Å². The molecule has 0 fully saturated rings. The molecule has 3 aromatic rings. The zero-order valence-electron chi connectivity index (χ0n) is 19.9. The Morgan fingerprint density at radius 2 is 1.94 bits per heavy atom. The highest BCUT2D eigenvalue weighted by molar-refractivity contribution is 5.97. The Kier molecular flexibility index (Phi) is 6.87. The first kappa shape index (κ1) is 24.0. The highest BCUT2D eigenvalue weighted by atomic mass is 19.1. The first-order valence-electron chi connectivity index (χ1n) is 11.5. The molecule has 2 aromatic carbocycles. The molecular formula is C27H26FN5O2. The van der Waals surface area contributed by atoms with Gasteiger partial charge in [0.2, 0.25) is 0 Å². The maximum Gasteiger partial charge on any atom is 0.272 e. The van der Waals surface area contributed by atoms with Gasteiger partial charge >= 0.3 is 0 Å². The third kappa shape index (κ3) is 5.19. The molecule has 0 radical (unpaired) electrons. The van der Waals surface area contributed by atoms with Crippen molar-refractivity contribution in [2.75, 3.05) is 7.05 Å². The zero-order chi connectivity index (χ0) is 25.1. The van der Waals surface area contributed by atoms with Crippen LogP contribution in [0.4, 0.5) is 4.39 Å². The van der Waals surface area contributed by atoms with Crippen LogP contribution in [0.15, 0.2) is 48.8 Å². The van der Waals surface area contributed by atoms with Crippen LogP contribution in [-0.2, 0) is 13.0 Å². The van der Waals surface area contributed by atoms with Crippen LogP contribution in [0, 0.1) is 17.1 Å². The summed E-state index contributed by atoms with van der Waals surface area (Å²) in [4.78, 5) is 35.5. The van der Waals surface area contributed by atoms with E-state index < -0.39 is 5.91 Å². The number of aryl methyl sites for hydroxylation is 1. The van der Waals surface area contributed by atoms with Crippen LogP contribution in [0.1, 0.15) is 81.0 Å². The van der Waals surface area contributed by atoms with Gasteiger partial charge in [0.25, 0.3) is 11.8 Å². The monoisotopic (exact) mass is 471 g/mol. The summed E-state index contributed by atoms with van der Waals surface area (Å²) in [5, 5.41) is 12.1. The number of hydrogen-bond acceptors (Lipinski definition) is 5. The van der Waals surface area contributed by atoms with E-state index >= 15 is 0 Å². The van der Waals surface area contributed by atoms with E-state index in [1.165, 1.54) is 23.4 Å². The van der Waals surface area contributed by atoms with Gasteiger partial charge in [0.05, 0.1) is 17.7 Å². The first-order chi connectivity index (χ1) is 16.8. The van der Waals surface area contributed by atoms with Crippen LogP contribution in [0.25, 0.3) is 0 Å². The number of nitrogens with zero attached hydrogens (tertiary/aromatic N) is 4. The van der Waals surface area contributed by atoms with Crippen molar-refractivity contribution < 1.29 is 14.0 Å². The highest BCUT2D eigenvalue weighted by Gasteiger charge is 2.26. The van der Waals surface area contributed by atoms with Gasteiger partial charge in [0.1, 0.15) is 23.5 Å². The third-order valence-corrected chi connectivity index (χ3v) is 6.22. The lowest BCUT2D eigenvalue weighted by Crippen LogP contribution is -2.30. The fraction of sp³-hybridized carbons (Fsp3) is 0.296. The van der Waals surface area contributed by atoms with E-state index in [2.05, 4.69) is 21.4 Å². The third-order valence-electron chi connectivity index (χ3n) is 6.22. The number of nitriles is 1. The van der Waals surface area contributed by atoms with E-state index in [1.54, 1.807) is 25.2 Å². The van der Waals surface area contributed by atoms with E-state index in [4.69, 9.17) is 5.26 Å². The predicted octanol–water partition coefficient (Wildman–Crippen LogP) is 4.30. The SMILES string of the molecule is CC(C)c1cc(CN(C)C(=O)c2cc(C(=O)N[C@@H]3CCc4cc(C#N)ccc43)ncn2)ccc1F. The van der Waals surface area contributed by atoms with Crippen LogP contribution in [-0.4, -0.2) is 33.7 Å². The molecule has 0 saturated heterocycles. The predicted molar refractivity (Wildman–Crippen MR) is 128 cm³/mol. The number of carbonyl (C=O) groups excluding carboxylic acids is 2. The van der Waals surface area contributed by atoms with Gasteiger partial charge in [-0.05, 0) is 59.2 Å². The summed E-state index contributed by atoms with van der Waals surface area (Å²) in [7, 11) is 1.63. The van der Waals surface area contributed by atoms with Crippen LogP contribution in [0.5, 0.6) is 0 Å². The maximum atomic E-state index is 14.0. The molecule has 1 heterocycles. The standard InChI is InChI=1S/C27H26FN5O2/c1-16(2)21-11-18(5-8-22(21)28)14-33(3)27(35)25-12-24(30-15-31-25)26(34)32-23-9-6-19-10-17(13-29)4-7-20(19)23/h4-5,7-8,10-12,15-16,23H,6,9,14H2,1-3H3,(H,32,34)/t23-/m1/s1. The average molecular weight is 472 g/mol. The van der Waals surface area contributed by atoms with Gasteiger partial charge in [0.15, 0.2) is 0 Å². The number of amides is 2. The molecule has 2 amide bonds. The van der Waals surface area contributed by atoms with Crippen molar-refractivity contribution >= 4 is 11.8 Å². The Morgan fingerprint density at radius 3 is 2.69 bits per heavy atom. The maximum absolute atomic E-state index is 14.0.